The monoisotopic (exact) mass is 451 g/mol. The van der Waals surface area contributed by atoms with Crippen LogP contribution in [0.15, 0.2) is 64.2 Å². The minimum Gasteiger partial charge on any atom is -0.318 e. The molecular weight excluding hydrogens is 426 g/mol. The first-order valence-electron chi connectivity index (χ1n) is 9.56. The predicted molar refractivity (Wildman–Crippen MR) is 123 cm³/mol. The summed E-state index contributed by atoms with van der Waals surface area (Å²) in [6.07, 6.45) is 1.69. The molecule has 0 radical (unpaired) electrons. The number of hydrazone groups is 1. The van der Waals surface area contributed by atoms with Crippen molar-refractivity contribution < 1.29 is 4.79 Å². The Balaban J connectivity index is 1.80. The Morgan fingerprint density at radius 1 is 1.07 bits per heavy atom. The number of carbonyl (C=O) groups is 1. The number of carbonyl (C=O) groups excluding carboxylic acids is 1. The summed E-state index contributed by atoms with van der Waals surface area (Å²) < 4.78 is 2.94. The molecule has 3 aromatic rings. The number of amides is 1. The van der Waals surface area contributed by atoms with Crippen LogP contribution in [-0.4, -0.2) is 16.7 Å². The highest BCUT2D eigenvalue weighted by Crippen LogP contribution is 2.25. The Labute approximate surface area is 180 Å². The van der Waals surface area contributed by atoms with E-state index in [1.54, 1.807) is 12.3 Å². The van der Waals surface area contributed by atoms with Gasteiger partial charge in [-0.15, -0.1) is 0 Å². The third kappa shape index (κ3) is 4.67. The van der Waals surface area contributed by atoms with Crippen molar-refractivity contribution in [1.82, 2.24) is 9.99 Å². The van der Waals surface area contributed by atoms with Gasteiger partial charge < -0.3 is 4.57 Å². The number of hydrogen-bond donors (Lipinski definition) is 1. The van der Waals surface area contributed by atoms with Crippen LogP contribution in [0.25, 0.3) is 5.69 Å². The fourth-order valence-corrected chi connectivity index (χ4v) is 3.76. The lowest BCUT2D eigenvalue weighted by Crippen LogP contribution is -2.18. The Morgan fingerprint density at radius 2 is 1.72 bits per heavy atom. The van der Waals surface area contributed by atoms with E-state index in [4.69, 9.17) is 0 Å². The van der Waals surface area contributed by atoms with E-state index in [9.17, 15) is 4.79 Å². The molecule has 0 aliphatic rings. The Bertz CT molecular complexity index is 1060. The molecule has 5 heteroatoms. The first-order chi connectivity index (χ1) is 13.7. The number of rotatable bonds is 4. The van der Waals surface area contributed by atoms with Gasteiger partial charge in [0, 0.05) is 27.1 Å². The lowest BCUT2D eigenvalue weighted by molar-refractivity contribution is 0.0954. The molecule has 0 saturated carbocycles. The van der Waals surface area contributed by atoms with Crippen molar-refractivity contribution in [1.29, 1.82) is 0 Å². The second kappa shape index (κ2) is 8.37. The van der Waals surface area contributed by atoms with Crippen LogP contribution in [0.4, 0.5) is 0 Å². The Hall–Kier alpha value is -2.66. The van der Waals surface area contributed by atoms with Crippen LogP contribution in [0.2, 0.25) is 0 Å². The quantitative estimate of drug-likeness (QED) is 0.388. The van der Waals surface area contributed by atoms with Gasteiger partial charge in [0.15, 0.2) is 0 Å². The molecule has 0 aliphatic heterocycles. The molecule has 0 unspecified atom stereocenters. The van der Waals surface area contributed by atoms with Crippen molar-refractivity contribution in [2.45, 2.75) is 40.0 Å². The van der Waals surface area contributed by atoms with Gasteiger partial charge in [0.1, 0.15) is 0 Å². The second-order valence-corrected chi connectivity index (χ2v) is 8.99. The molecular formula is C24H26BrN3O. The van der Waals surface area contributed by atoms with Gasteiger partial charge >= 0.3 is 0 Å². The third-order valence-corrected chi connectivity index (χ3v) is 5.64. The van der Waals surface area contributed by atoms with E-state index >= 15 is 0 Å². The SMILES string of the molecule is Cc1cc(/C=N\NC(=O)c2ccccc2Br)c(C)n1-c1ccc(C(C)(C)C)cc1. The molecule has 2 aromatic carbocycles. The normalized spacial score (nSPS) is 11.8. The van der Waals surface area contributed by atoms with E-state index in [0.29, 0.717) is 5.56 Å². The fraction of sp³-hybridized carbons (Fsp3) is 0.250. The maximum absolute atomic E-state index is 12.3. The zero-order valence-electron chi connectivity index (χ0n) is 17.5. The lowest BCUT2D eigenvalue weighted by atomic mass is 9.87. The van der Waals surface area contributed by atoms with E-state index in [1.165, 1.54) is 5.56 Å². The third-order valence-electron chi connectivity index (χ3n) is 4.95. The summed E-state index contributed by atoms with van der Waals surface area (Å²) in [5, 5.41) is 4.16. The molecule has 0 fully saturated rings. The van der Waals surface area contributed by atoms with E-state index < -0.39 is 0 Å². The molecule has 1 aromatic heterocycles. The van der Waals surface area contributed by atoms with Crippen LogP contribution in [0.5, 0.6) is 0 Å². The number of aromatic nitrogens is 1. The number of hydrogen-bond acceptors (Lipinski definition) is 2. The maximum atomic E-state index is 12.3. The van der Waals surface area contributed by atoms with Gasteiger partial charge in [0.05, 0.1) is 11.8 Å². The highest BCUT2D eigenvalue weighted by atomic mass is 79.9. The molecule has 150 valence electrons. The standard InChI is InChI=1S/C24H26BrN3O/c1-16-14-18(15-26-27-23(29)21-8-6-7-9-22(21)25)17(2)28(16)20-12-10-19(11-13-20)24(3,4)5/h6-15H,1-5H3,(H,27,29)/b26-15-. The van der Waals surface area contributed by atoms with Gasteiger partial charge in [-0.2, -0.15) is 5.10 Å². The van der Waals surface area contributed by atoms with Crippen molar-refractivity contribution in [2.75, 3.05) is 0 Å². The topological polar surface area (TPSA) is 46.4 Å². The van der Waals surface area contributed by atoms with Crippen molar-refractivity contribution in [2.24, 2.45) is 5.10 Å². The smallest absolute Gasteiger partial charge is 0.272 e. The number of halogens is 1. The molecule has 4 nitrogen and oxygen atoms in total. The Kier molecular flexibility index (Phi) is 6.08. The lowest BCUT2D eigenvalue weighted by Gasteiger charge is -2.20. The summed E-state index contributed by atoms with van der Waals surface area (Å²) in [6, 6.07) is 18.0. The zero-order valence-corrected chi connectivity index (χ0v) is 19.0. The summed E-state index contributed by atoms with van der Waals surface area (Å²) >= 11 is 3.39. The van der Waals surface area contributed by atoms with Crippen molar-refractivity contribution in [3.05, 3.63) is 87.1 Å². The predicted octanol–water partition coefficient (Wildman–Crippen LogP) is 5.92. The van der Waals surface area contributed by atoms with Crippen molar-refractivity contribution in [3.63, 3.8) is 0 Å². The van der Waals surface area contributed by atoms with Crippen molar-refractivity contribution >= 4 is 28.1 Å². The highest BCUT2D eigenvalue weighted by molar-refractivity contribution is 9.10. The largest absolute Gasteiger partial charge is 0.318 e. The molecule has 3 rings (SSSR count). The summed E-state index contributed by atoms with van der Waals surface area (Å²) in [5.74, 6) is -0.250. The average Bonchev–Trinajstić information content (AvgIpc) is 2.95. The molecule has 0 saturated heterocycles. The van der Waals surface area contributed by atoms with E-state index in [-0.39, 0.29) is 11.3 Å². The van der Waals surface area contributed by atoms with Crippen LogP contribution in [-0.2, 0) is 5.41 Å². The van der Waals surface area contributed by atoms with Gasteiger partial charge in [0.2, 0.25) is 0 Å². The fourth-order valence-electron chi connectivity index (χ4n) is 3.29. The van der Waals surface area contributed by atoms with E-state index in [2.05, 4.69) is 96.0 Å². The van der Waals surface area contributed by atoms with Gasteiger partial charge in [-0.1, -0.05) is 45.0 Å². The molecule has 1 heterocycles. The minimum atomic E-state index is -0.250. The van der Waals surface area contributed by atoms with E-state index in [0.717, 1.165) is 27.1 Å². The van der Waals surface area contributed by atoms with Crippen LogP contribution in [0.3, 0.4) is 0 Å². The van der Waals surface area contributed by atoms with E-state index in [1.807, 2.05) is 18.2 Å². The average molecular weight is 452 g/mol. The minimum absolute atomic E-state index is 0.128. The van der Waals surface area contributed by atoms with Crippen LogP contribution in [0, 0.1) is 13.8 Å². The zero-order chi connectivity index (χ0) is 21.2. The molecule has 1 N–H and O–H groups in total. The number of nitrogens with one attached hydrogen (secondary N) is 1. The van der Waals surface area contributed by atoms with Crippen LogP contribution >= 0.6 is 15.9 Å². The summed E-state index contributed by atoms with van der Waals surface area (Å²) in [4.78, 5) is 12.3. The molecule has 0 spiro atoms. The number of nitrogens with zero attached hydrogens (tertiary/aromatic N) is 2. The van der Waals surface area contributed by atoms with Crippen molar-refractivity contribution in [3.8, 4) is 5.69 Å². The van der Waals surface area contributed by atoms with Crippen LogP contribution in [0.1, 0.15) is 53.6 Å². The highest BCUT2D eigenvalue weighted by Gasteiger charge is 2.15. The molecule has 0 bridgehead atoms. The van der Waals surface area contributed by atoms with Gasteiger partial charge in [-0.25, -0.2) is 5.43 Å². The summed E-state index contributed by atoms with van der Waals surface area (Å²) in [6.45, 7) is 10.8. The number of aryl methyl sites for hydroxylation is 1. The van der Waals surface area contributed by atoms with Gasteiger partial charge in [0.25, 0.3) is 5.91 Å². The second-order valence-electron chi connectivity index (χ2n) is 8.14. The number of benzene rings is 2. The molecule has 0 atom stereocenters. The maximum Gasteiger partial charge on any atom is 0.272 e. The van der Waals surface area contributed by atoms with Gasteiger partial charge in [-0.3, -0.25) is 4.79 Å². The summed E-state index contributed by atoms with van der Waals surface area (Å²) in [7, 11) is 0. The first kappa shape index (κ1) is 21.1. The molecule has 0 aliphatic carbocycles. The molecule has 1 amide bonds. The van der Waals surface area contributed by atoms with Gasteiger partial charge in [-0.05, 0) is 71.1 Å². The first-order valence-corrected chi connectivity index (χ1v) is 10.4. The Morgan fingerprint density at radius 3 is 2.34 bits per heavy atom. The summed E-state index contributed by atoms with van der Waals surface area (Å²) in [5.41, 5.74) is 8.86. The van der Waals surface area contributed by atoms with Crippen LogP contribution < -0.4 is 5.43 Å². The molecule has 29 heavy (non-hydrogen) atoms.